The van der Waals surface area contributed by atoms with Crippen LogP contribution in [0.2, 0.25) is 0 Å². The van der Waals surface area contributed by atoms with E-state index in [2.05, 4.69) is 0 Å². The van der Waals surface area contributed by atoms with Gasteiger partial charge >= 0.3 is 5.97 Å². The number of hydrogen-bond donors (Lipinski definition) is 0. The van der Waals surface area contributed by atoms with Crippen molar-refractivity contribution in [1.29, 1.82) is 0 Å². The molecule has 0 radical (unpaired) electrons. The normalized spacial score (nSPS) is 11.6. The van der Waals surface area contributed by atoms with Crippen LogP contribution in [0, 0.1) is 0 Å². The van der Waals surface area contributed by atoms with Gasteiger partial charge in [-0.25, -0.2) is 4.79 Å². The highest BCUT2D eigenvalue weighted by Crippen LogP contribution is 2.14. The van der Waals surface area contributed by atoms with Crippen LogP contribution in [0.4, 0.5) is 0 Å². The van der Waals surface area contributed by atoms with Gasteiger partial charge < -0.3 is 4.74 Å². The zero-order valence-corrected chi connectivity index (χ0v) is 13.8. The van der Waals surface area contributed by atoms with E-state index in [1.807, 2.05) is 51.1 Å². The molecule has 0 N–H and O–H groups in total. The van der Waals surface area contributed by atoms with Crippen molar-refractivity contribution < 1.29 is 14.3 Å². The van der Waals surface area contributed by atoms with Crippen molar-refractivity contribution in [2.75, 3.05) is 5.75 Å². The maximum atomic E-state index is 12.0. The van der Waals surface area contributed by atoms with Crippen LogP contribution in [-0.4, -0.2) is 22.4 Å². The van der Waals surface area contributed by atoms with E-state index in [4.69, 9.17) is 4.74 Å². The maximum Gasteiger partial charge on any atom is 0.338 e. The molecule has 0 saturated heterocycles. The topological polar surface area (TPSA) is 43.4 Å². The SMILES string of the molecule is CC(=O)SCCC=Cc1cccc(C(=O)OC(C)(C)C)c1. The van der Waals surface area contributed by atoms with Gasteiger partial charge in [-0.05, 0) is 44.9 Å². The van der Waals surface area contributed by atoms with Gasteiger partial charge in [0.2, 0.25) is 0 Å². The van der Waals surface area contributed by atoms with Crippen molar-refractivity contribution in [2.24, 2.45) is 0 Å². The fraction of sp³-hybridized carbons (Fsp3) is 0.412. The molecule has 0 aliphatic carbocycles. The van der Waals surface area contributed by atoms with E-state index < -0.39 is 5.60 Å². The fourth-order valence-corrected chi connectivity index (χ4v) is 2.14. The van der Waals surface area contributed by atoms with Crippen LogP contribution in [0.15, 0.2) is 30.3 Å². The third-order valence-electron chi connectivity index (χ3n) is 2.42. The maximum absolute atomic E-state index is 12.0. The molecule has 1 aromatic carbocycles. The molecule has 0 aromatic heterocycles. The molecule has 4 heteroatoms. The largest absolute Gasteiger partial charge is 0.456 e. The van der Waals surface area contributed by atoms with E-state index in [0.29, 0.717) is 5.56 Å². The van der Waals surface area contributed by atoms with E-state index >= 15 is 0 Å². The second-order valence-corrected chi connectivity index (χ2v) is 6.93. The molecule has 1 rings (SSSR count). The average molecular weight is 306 g/mol. The Kier molecular flexibility index (Phi) is 6.69. The number of rotatable bonds is 5. The Morgan fingerprint density at radius 3 is 2.62 bits per heavy atom. The summed E-state index contributed by atoms with van der Waals surface area (Å²) in [5.41, 5.74) is 1.00. The lowest BCUT2D eigenvalue weighted by atomic mass is 10.1. The smallest absolute Gasteiger partial charge is 0.338 e. The molecule has 0 fully saturated rings. The van der Waals surface area contributed by atoms with Gasteiger partial charge in [-0.2, -0.15) is 0 Å². The minimum atomic E-state index is -0.493. The van der Waals surface area contributed by atoms with Gasteiger partial charge in [-0.1, -0.05) is 36.0 Å². The molecule has 0 bridgehead atoms. The standard InChI is InChI=1S/C17H22O3S/c1-13(18)21-11-6-5-8-14-9-7-10-15(12-14)16(19)20-17(2,3)4/h5,7-10,12H,6,11H2,1-4H3. The van der Waals surface area contributed by atoms with E-state index in [-0.39, 0.29) is 11.1 Å². The lowest BCUT2D eigenvalue weighted by molar-refractivity contribution is -0.109. The molecule has 0 spiro atoms. The highest BCUT2D eigenvalue weighted by atomic mass is 32.2. The second kappa shape index (κ2) is 8.03. The van der Waals surface area contributed by atoms with Crippen LogP contribution >= 0.6 is 11.8 Å². The van der Waals surface area contributed by atoms with Crippen molar-refractivity contribution in [3.63, 3.8) is 0 Å². The summed E-state index contributed by atoms with van der Waals surface area (Å²) in [6, 6.07) is 7.32. The van der Waals surface area contributed by atoms with Crippen LogP contribution in [0.25, 0.3) is 6.08 Å². The Hall–Kier alpha value is -1.55. The Bertz CT molecular complexity index is 527. The van der Waals surface area contributed by atoms with E-state index in [0.717, 1.165) is 17.7 Å². The first-order chi connectivity index (χ1) is 9.78. The number of carbonyl (C=O) groups excluding carboxylic acids is 2. The predicted molar refractivity (Wildman–Crippen MR) is 88.4 cm³/mol. The molecular weight excluding hydrogens is 284 g/mol. The third-order valence-corrected chi connectivity index (χ3v) is 3.27. The Labute approximate surface area is 130 Å². The molecule has 3 nitrogen and oxygen atoms in total. The Morgan fingerprint density at radius 1 is 1.29 bits per heavy atom. The minimum absolute atomic E-state index is 0.135. The van der Waals surface area contributed by atoms with Crippen LogP contribution in [0.1, 0.15) is 50.0 Å². The molecule has 0 saturated carbocycles. The van der Waals surface area contributed by atoms with Crippen molar-refractivity contribution in [3.8, 4) is 0 Å². The highest BCUT2D eigenvalue weighted by molar-refractivity contribution is 8.13. The molecule has 0 atom stereocenters. The first kappa shape index (κ1) is 17.5. The van der Waals surface area contributed by atoms with Gasteiger partial charge in [-0.3, -0.25) is 4.79 Å². The van der Waals surface area contributed by atoms with Crippen LogP contribution in [0.3, 0.4) is 0 Å². The number of esters is 1. The van der Waals surface area contributed by atoms with Crippen LogP contribution in [0.5, 0.6) is 0 Å². The van der Waals surface area contributed by atoms with Crippen LogP contribution in [-0.2, 0) is 9.53 Å². The van der Waals surface area contributed by atoms with Crippen molar-refractivity contribution >= 4 is 28.9 Å². The van der Waals surface area contributed by atoms with Gasteiger partial charge in [0, 0.05) is 12.7 Å². The number of ether oxygens (including phenoxy) is 1. The van der Waals surface area contributed by atoms with Gasteiger partial charge in [0.15, 0.2) is 5.12 Å². The first-order valence-corrected chi connectivity index (χ1v) is 7.90. The molecular formula is C17H22O3S. The Balaban J connectivity index is 2.62. The lowest BCUT2D eigenvalue weighted by Gasteiger charge is -2.19. The van der Waals surface area contributed by atoms with E-state index in [1.54, 1.807) is 13.0 Å². The van der Waals surface area contributed by atoms with Gasteiger partial charge in [0.25, 0.3) is 0 Å². The zero-order valence-electron chi connectivity index (χ0n) is 13.0. The minimum Gasteiger partial charge on any atom is -0.456 e. The highest BCUT2D eigenvalue weighted by Gasteiger charge is 2.17. The number of thioether (sulfide) groups is 1. The molecule has 0 aliphatic heterocycles. The monoisotopic (exact) mass is 306 g/mol. The second-order valence-electron chi connectivity index (χ2n) is 5.66. The zero-order chi connectivity index (χ0) is 15.9. The first-order valence-electron chi connectivity index (χ1n) is 6.91. The average Bonchev–Trinajstić information content (AvgIpc) is 2.36. The van der Waals surface area contributed by atoms with Gasteiger partial charge in [-0.15, -0.1) is 0 Å². The molecule has 0 unspecified atom stereocenters. The summed E-state index contributed by atoms with van der Waals surface area (Å²) in [5, 5.41) is 0.135. The predicted octanol–water partition coefficient (Wildman–Crippen LogP) is 4.32. The number of benzene rings is 1. The molecule has 0 amide bonds. The summed E-state index contributed by atoms with van der Waals surface area (Å²) in [4.78, 5) is 22.8. The summed E-state index contributed by atoms with van der Waals surface area (Å²) in [5.74, 6) is 0.460. The van der Waals surface area contributed by atoms with E-state index in [9.17, 15) is 9.59 Å². The Morgan fingerprint density at radius 2 is 2.00 bits per heavy atom. The molecule has 1 aromatic rings. The number of hydrogen-bond acceptors (Lipinski definition) is 4. The van der Waals surface area contributed by atoms with E-state index in [1.165, 1.54) is 11.8 Å². The molecule has 0 heterocycles. The van der Waals surface area contributed by atoms with Crippen molar-refractivity contribution in [3.05, 3.63) is 41.5 Å². The molecule has 114 valence electrons. The summed E-state index contributed by atoms with van der Waals surface area (Å²) < 4.78 is 5.34. The summed E-state index contributed by atoms with van der Waals surface area (Å²) in [6.07, 6.45) is 4.78. The molecule has 0 aliphatic rings. The quantitative estimate of drug-likeness (QED) is 0.600. The van der Waals surface area contributed by atoms with Gasteiger partial charge in [0.1, 0.15) is 5.60 Å². The summed E-state index contributed by atoms with van der Waals surface area (Å²) in [6.45, 7) is 7.11. The van der Waals surface area contributed by atoms with Crippen molar-refractivity contribution in [1.82, 2.24) is 0 Å². The van der Waals surface area contributed by atoms with Crippen LogP contribution < -0.4 is 0 Å². The lowest BCUT2D eigenvalue weighted by Crippen LogP contribution is -2.23. The fourth-order valence-electron chi connectivity index (χ4n) is 1.60. The number of allylic oxidation sites excluding steroid dienone is 1. The van der Waals surface area contributed by atoms with Gasteiger partial charge in [0.05, 0.1) is 5.56 Å². The number of carbonyl (C=O) groups is 2. The summed E-state index contributed by atoms with van der Waals surface area (Å²) in [7, 11) is 0. The molecule has 21 heavy (non-hydrogen) atoms. The third kappa shape index (κ3) is 7.71. The summed E-state index contributed by atoms with van der Waals surface area (Å²) >= 11 is 1.32. The van der Waals surface area contributed by atoms with Crippen molar-refractivity contribution in [2.45, 2.75) is 39.7 Å².